The van der Waals surface area contributed by atoms with Crippen LogP contribution < -0.4 is 0 Å². The third-order valence-corrected chi connectivity index (χ3v) is 5.46. The Morgan fingerprint density at radius 1 is 1.19 bits per heavy atom. The van der Waals surface area contributed by atoms with Gasteiger partial charge in [0, 0.05) is 13.1 Å². The molecular weight excluding hydrogens is 375 g/mol. The van der Waals surface area contributed by atoms with E-state index in [-0.39, 0.29) is 0 Å². The van der Waals surface area contributed by atoms with Crippen molar-refractivity contribution in [2.24, 2.45) is 0 Å². The van der Waals surface area contributed by atoms with E-state index >= 15 is 0 Å². The Bertz CT molecular complexity index is 973. The molecule has 6 nitrogen and oxygen atoms in total. The Balaban J connectivity index is 2.27. The van der Waals surface area contributed by atoms with Gasteiger partial charge in [-0.1, -0.05) is 37.0 Å². The molecule has 0 saturated carbocycles. The molecule has 0 N–H and O–H groups in total. The second-order valence-corrected chi connectivity index (χ2v) is 6.92. The fourth-order valence-electron chi connectivity index (χ4n) is 3.29. The number of imidazole rings is 2. The summed E-state index contributed by atoms with van der Waals surface area (Å²) in [6, 6.07) is 3.60. The van der Waals surface area contributed by atoms with Crippen molar-refractivity contribution in [3.63, 3.8) is 0 Å². The molecule has 0 spiro atoms. The predicted molar refractivity (Wildman–Crippen MR) is 105 cm³/mol. The van der Waals surface area contributed by atoms with Crippen LogP contribution in [0.15, 0.2) is 12.1 Å². The van der Waals surface area contributed by atoms with Gasteiger partial charge < -0.3 is 14.2 Å². The Morgan fingerprint density at radius 2 is 1.81 bits per heavy atom. The van der Waals surface area contributed by atoms with Crippen molar-refractivity contribution in [2.45, 2.75) is 27.3 Å². The van der Waals surface area contributed by atoms with Gasteiger partial charge in [0.05, 0.1) is 33.9 Å². The predicted octanol–water partition coefficient (Wildman–Crippen LogP) is 4.03. The number of aromatic nitrogens is 3. The lowest BCUT2D eigenvalue weighted by atomic mass is 10.3. The first-order chi connectivity index (χ1) is 12.4. The average Bonchev–Trinajstić information content (AvgIpc) is 3.09. The number of likely N-dealkylation sites (N-methyl/N-ethyl adjacent to an activating group) is 1. The maximum absolute atomic E-state index is 12.3. The van der Waals surface area contributed by atoms with Crippen LogP contribution in [0.1, 0.15) is 30.0 Å². The number of methoxy groups -OCH3 is 1. The van der Waals surface area contributed by atoms with Gasteiger partial charge in [-0.05, 0) is 32.1 Å². The van der Waals surface area contributed by atoms with Gasteiger partial charge in [-0.25, -0.2) is 9.78 Å². The van der Waals surface area contributed by atoms with Crippen LogP contribution in [0.5, 0.6) is 0 Å². The zero-order chi connectivity index (χ0) is 19.0. The van der Waals surface area contributed by atoms with E-state index in [1.54, 1.807) is 17.4 Å². The lowest BCUT2D eigenvalue weighted by Gasteiger charge is -2.18. The monoisotopic (exact) mass is 396 g/mol. The van der Waals surface area contributed by atoms with Gasteiger partial charge in [-0.3, -0.25) is 4.40 Å². The molecule has 2 aromatic heterocycles. The van der Waals surface area contributed by atoms with E-state index < -0.39 is 5.97 Å². The van der Waals surface area contributed by atoms with E-state index in [1.165, 1.54) is 7.11 Å². The molecule has 0 fully saturated rings. The van der Waals surface area contributed by atoms with Crippen LogP contribution in [0.25, 0.3) is 16.8 Å². The van der Waals surface area contributed by atoms with Gasteiger partial charge in [-0.15, -0.1) is 0 Å². The van der Waals surface area contributed by atoms with E-state index in [4.69, 9.17) is 27.9 Å². The molecule has 0 saturated heterocycles. The summed E-state index contributed by atoms with van der Waals surface area (Å²) in [4.78, 5) is 19.3. The lowest BCUT2D eigenvalue weighted by Crippen LogP contribution is -2.27. The molecule has 0 bridgehead atoms. The van der Waals surface area contributed by atoms with Crippen molar-refractivity contribution in [1.82, 2.24) is 18.9 Å². The fourth-order valence-corrected chi connectivity index (χ4v) is 3.61. The van der Waals surface area contributed by atoms with E-state index in [2.05, 4.69) is 28.3 Å². The minimum atomic E-state index is -0.427. The highest BCUT2D eigenvalue weighted by Gasteiger charge is 2.24. The molecule has 0 atom stereocenters. The van der Waals surface area contributed by atoms with Crippen LogP contribution in [-0.4, -0.2) is 51.6 Å². The highest BCUT2D eigenvalue weighted by atomic mass is 35.5. The summed E-state index contributed by atoms with van der Waals surface area (Å²) >= 11 is 12.5. The lowest BCUT2D eigenvalue weighted by molar-refractivity contribution is 0.0592. The number of carbonyl (C=O) groups is 1. The number of ether oxygens (including phenoxy) is 1. The molecule has 26 heavy (non-hydrogen) atoms. The van der Waals surface area contributed by atoms with E-state index in [0.717, 1.165) is 37.2 Å². The number of halogens is 2. The topological polar surface area (TPSA) is 51.8 Å². The van der Waals surface area contributed by atoms with Crippen molar-refractivity contribution in [3.05, 3.63) is 33.6 Å². The number of fused-ring (bicyclic) bond motifs is 3. The largest absolute Gasteiger partial charge is 0.464 e. The molecule has 3 rings (SSSR count). The number of aryl methyl sites for hydroxylation is 1. The molecule has 0 amide bonds. The maximum Gasteiger partial charge on any atom is 0.357 e. The maximum atomic E-state index is 12.3. The second kappa shape index (κ2) is 7.47. The SMILES string of the molecule is CCN(CC)CCn1c2cc(Cl)c(Cl)cc2n2c(C(=O)OC)c(C)nc12. The Kier molecular flexibility index (Phi) is 5.46. The number of esters is 1. The van der Waals surface area contributed by atoms with Crippen LogP contribution in [0, 0.1) is 6.92 Å². The Labute approximate surface area is 162 Å². The van der Waals surface area contributed by atoms with Gasteiger partial charge in [-0.2, -0.15) is 0 Å². The van der Waals surface area contributed by atoms with Crippen molar-refractivity contribution in [2.75, 3.05) is 26.7 Å². The second-order valence-electron chi connectivity index (χ2n) is 6.11. The van der Waals surface area contributed by atoms with Crippen molar-refractivity contribution in [1.29, 1.82) is 0 Å². The molecule has 140 valence electrons. The number of nitrogens with zero attached hydrogens (tertiary/aromatic N) is 4. The molecule has 1 aromatic carbocycles. The number of benzene rings is 1. The summed E-state index contributed by atoms with van der Waals surface area (Å²) in [6.07, 6.45) is 0. The van der Waals surface area contributed by atoms with Crippen molar-refractivity contribution >= 4 is 46.0 Å². The first-order valence-electron chi connectivity index (χ1n) is 8.59. The molecule has 0 aliphatic heterocycles. The highest BCUT2D eigenvalue weighted by Crippen LogP contribution is 2.32. The van der Waals surface area contributed by atoms with Crippen LogP contribution in [0.4, 0.5) is 0 Å². The first-order valence-corrected chi connectivity index (χ1v) is 9.35. The Hall–Kier alpha value is -1.76. The molecule has 0 radical (unpaired) electrons. The quantitative estimate of drug-likeness (QED) is 0.590. The molecule has 0 aliphatic carbocycles. The summed E-state index contributed by atoms with van der Waals surface area (Å²) < 4.78 is 8.84. The van der Waals surface area contributed by atoms with Gasteiger partial charge >= 0.3 is 5.97 Å². The Morgan fingerprint density at radius 3 is 2.38 bits per heavy atom. The van der Waals surface area contributed by atoms with E-state index in [1.807, 2.05) is 6.07 Å². The number of hydrogen-bond acceptors (Lipinski definition) is 4. The van der Waals surface area contributed by atoms with Crippen LogP contribution in [-0.2, 0) is 11.3 Å². The van der Waals surface area contributed by atoms with Crippen molar-refractivity contribution < 1.29 is 9.53 Å². The van der Waals surface area contributed by atoms with Crippen LogP contribution in [0.2, 0.25) is 10.0 Å². The summed E-state index contributed by atoms with van der Waals surface area (Å²) in [5.74, 6) is 0.257. The van der Waals surface area contributed by atoms with E-state index in [0.29, 0.717) is 27.2 Å². The minimum Gasteiger partial charge on any atom is -0.464 e. The average molecular weight is 397 g/mol. The zero-order valence-electron chi connectivity index (χ0n) is 15.3. The fraction of sp³-hybridized carbons (Fsp3) is 0.444. The summed E-state index contributed by atoms with van der Waals surface area (Å²) in [7, 11) is 1.37. The minimum absolute atomic E-state index is 0.410. The third-order valence-electron chi connectivity index (χ3n) is 4.74. The summed E-state index contributed by atoms with van der Waals surface area (Å²) in [6.45, 7) is 9.61. The van der Waals surface area contributed by atoms with Gasteiger partial charge in [0.25, 0.3) is 0 Å². The smallest absolute Gasteiger partial charge is 0.357 e. The molecule has 0 aliphatic rings. The first kappa shape index (κ1) is 19.0. The highest BCUT2D eigenvalue weighted by molar-refractivity contribution is 6.42. The van der Waals surface area contributed by atoms with Crippen LogP contribution >= 0.6 is 23.2 Å². The zero-order valence-corrected chi connectivity index (χ0v) is 16.9. The molecule has 0 unspecified atom stereocenters. The number of rotatable bonds is 6. The standard InChI is InChI=1S/C18H22Cl2N4O2/c1-5-22(6-2)7-8-23-14-9-12(19)13(20)10-15(14)24-16(17(25)26-4)11(3)21-18(23)24/h9-10H,5-8H2,1-4H3. The van der Waals surface area contributed by atoms with E-state index in [9.17, 15) is 4.79 Å². The van der Waals surface area contributed by atoms with Crippen molar-refractivity contribution in [3.8, 4) is 0 Å². The van der Waals surface area contributed by atoms with Crippen LogP contribution in [0.3, 0.4) is 0 Å². The van der Waals surface area contributed by atoms with Gasteiger partial charge in [0.2, 0.25) is 5.78 Å². The molecular formula is C18H22Cl2N4O2. The van der Waals surface area contributed by atoms with Gasteiger partial charge in [0.15, 0.2) is 5.69 Å². The third kappa shape index (κ3) is 3.06. The molecule has 3 aromatic rings. The molecule has 2 heterocycles. The molecule has 8 heteroatoms. The number of hydrogen-bond donors (Lipinski definition) is 0. The summed E-state index contributed by atoms with van der Waals surface area (Å²) in [5, 5.41) is 0.907. The normalized spacial score (nSPS) is 11.8. The summed E-state index contributed by atoms with van der Waals surface area (Å²) in [5.41, 5.74) is 2.71. The number of carbonyl (C=O) groups excluding carboxylic acids is 1. The van der Waals surface area contributed by atoms with Gasteiger partial charge in [0.1, 0.15) is 0 Å².